The minimum Gasteiger partial charge on any atom is -0.378 e. The number of carbonyl (C=O) groups is 2. The smallest absolute Gasteiger partial charge is 0.319 e. The summed E-state index contributed by atoms with van der Waals surface area (Å²) < 4.78 is 5.38. The molecule has 1 fully saturated rings. The summed E-state index contributed by atoms with van der Waals surface area (Å²) in [6.07, 6.45) is 1.74. The second-order valence-electron chi connectivity index (χ2n) is 6.27. The van der Waals surface area contributed by atoms with Gasteiger partial charge in [0.25, 0.3) is 0 Å². The lowest BCUT2D eigenvalue weighted by Gasteiger charge is -2.29. The molecule has 8 nitrogen and oxygen atoms in total. The first-order chi connectivity index (χ1) is 13.5. The Morgan fingerprint density at radius 1 is 1.21 bits per heavy atom. The summed E-state index contributed by atoms with van der Waals surface area (Å²) in [6, 6.07) is 8.28. The third-order valence-corrected chi connectivity index (χ3v) is 4.47. The Kier molecular flexibility index (Phi) is 6.67. The minimum atomic E-state index is -0.383. The number of amides is 3. The van der Waals surface area contributed by atoms with Gasteiger partial charge in [0, 0.05) is 44.0 Å². The highest BCUT2D eigenvalue weighted by molar-refractivity contribution is 6.34. The molecule has 3 amide bonds. The lowest BCUT2D eigenvalue weighted by atomic mass is 10.2. The molecule has 1 saturated heterocycles. The second-order valence-corrected chi connectivity index (χ2v) is 6.68. The van der Waals surface area contributed by atoms with E-state index >= 15 is 0 Å². The van der Waals surface area contributed by atoms with E-state index in [0.29, 0.717) is 36.2 Å². The Morgan fingerprint density at radius 2 is 2.00 bits per heavy atom. The van der Waals surface area contributed by atoms with Crippen LogP contribution >= 0.6 is 11.6 Å². The van der Waals surface area contributed by atoms with Gasteiger partial charge in [-0.15, -0.1) is 0 Å². The number of halogens is 1. The molecule has 1 aromatic carbocycles. The van der Waals surface area contributed by atoms with Crippen molar-refractivity contribution in [2.45, 2.75) is 13.5 Å². The van der Waals surface area contributed by atoms with E-state index in [1.807, 2.05) is 12.1 Å². The Bertz CT molecular complexity index is 855. The van der Waals surface area contributed by atoms with E-state index in [1.54, 1.807) is 24.4 Å². The summed E-state index contributed by atoms with van der Waals surface area (Å²) in [7, 11) is 0. The van der Waals surface area contributed by atoms with Crippen molar-refractivity contribution in [1.82, 2.24) is 10.3 Å². The molecule has 28 heavy (non-hydrogen) atoms. The zero-order chi connectivity index (χ0) is 19.9. The van der Waals surface area contributed by atoms with Gasteiger partial charge in [-0.1, -0.05) is 17.7 Å². The number of nitrogens with one attached hydrogen (secondary N) is 3. The molecule has 2 aromatic rings. The molecule has 1 aromatic heterocycles. The number of pyridine rings is 1. The molecule has 2 heterocycles. The molecule has 0 atom stereocenters. The van der Waals surface area contributed by atoms with Crippen LogP contribution in [0.1, 0.15) is 12.5 Å². The topological polar surface area (TPSA) is 95.6 Å². The van der Waals surface area contributed by atoms with Crippen LogP contribution in [-0.4, -0.2) is 43.2 Å². The molecule has 0 radical (unpaired) electrons. The Labute approximate surface area is 168 Å². The van der Waals surface area contributed by atoms with Crippen LogP contribution in [-0.2, 0) is 16.1 Å². The molecular weight excluding hydrogens is 382 g/mol. The number of morpholine rings is 1. The molecule has 0 saturated carbocycles. The highest BCUT2D eigenvalue weighted by atomic mass is 35.5. The molecule has 1 aliphatic rings. The number of carbonyl (C=O) groups excluding carboxylic acids is 2. The summed E-state index contributed by atoms with van der Waals surface area (Å²) >= 11 is 6.18. The predicted octanol–water partition coefficient (Wildman–Crippen LogP) is 2.85. The number of hydrogen-bond acceptors (Lipinski definition) is 5. The number of nitrogens with zero attached hydrogens (tertiary/aromatic N) is 2. The van der Waals surface area contributed by atoms with Crippen LogP contribution in [0.15, 0.2) is 36.5 Å². The van der Waals surface area contributed by atoms with Crippen molar-refractivity contribution in [3.8, 4) is 0 Å². The van der Waals surface area contributed by atoms with Gasteiger partial charge in [-0.3, -0.25) is 4.79 Å². The fraction of sp³-hybridized carbons (Fsp3) is 0.316. The molecule has 0 bridgehead atoms. The normalized spacial score (nSPS) is 13.7. The van der Waals surface area contributed by atoms with E-state index in [-0.39, 0.29) is 11.9 Å². The summed E-state index contributed by atoms with van der Waals surface area (Å²) in [4.78, 5) is 30.0. The minimum absolute atomic E-state index is 0.193. The Morgan fingerprint density at radius 3 is 2.71 bits per heavy atom. The highest BCUT2D eigenvalue weighted by Crippen LogP contribution is 2.25. The van der Waals surface area contributed by atoms with E-state index in [0.717, 1.165) is 24.5 Å². The van der Waals surface area contributed by atoms with E-state index in [4.69, 9.17) is 16.3 Å². The van der Waals surface area contributed by atoms with Crippen molar-refractivity contribution >= 4 is 40.7 Å². The maximum atomic E-state index is 12.3. The molecular formula is C19H22ClN5O3. The number of urea groups is 1. The van der Waals surface area contributed by atoms with E-state index in [9.17, 15) is 9.59 Å². The third kappa shape index (κ3) is 5.34. The fourth-order valence-electron chi connectivity index (χ4n) is 2.87. The van der Waals surface area contributed by atoms with Gasteiger partial charge in [-0.25, -0.2) is 9.78 Å². The first kappa shape index (κ1) is 19.9. The molecule has 9 heteroatoms. The largest absolute Gasteiger partial charge is 0.378 e. The summed E-state index contributed by atoms with van der Waals surface area (Å²) in [6.45, 7) is 4.61. The van der Waals surface area contributed by atoms with Gasteiger partial charge in [-0.05, 0) is 24.3 Å². The molecule has 3 N–H and O–H groups in total. The van der Waals surface area contributed by atoms with Gasteiger partial charge in [0.2, 0.25) is 5.91 Å². The highest BCUT2D eigenvalue weighted by Gasteiger charge is 2.16. The maximum Gasteiger partial charge on any atom is 0.319 e. The van der Waals surface area contributed by atoms with Gasteiger partial charge in [-0.2, -0.15) is 0 Å². The van der Waals surface area contributed by atoms with Crippen LogP contribution in [0.4, 0.5) is 22.0 Å². The quantitative estimate of drug-likeness (QED) is 0.713. The van der Waals surface area contributed by atoms with E-state index < -0.39 is 0 Å². The SMILES string of the molecule is CC(=O)Nc1ccc(NC(=O)NCc2cccnc2N2CCOCC2)c(Cl)c1. The van der Waals surface area contributed by atoms with Crippen LogP contribution in [0.2, 0.25) is 5.02 Å². The van der Waals surface area contributed by atoms with Crippen molar-refractivity contribution < 1.29 is 14.3 Å². The van der Waals surface area contributed by atoms with Crippen LogP contribution < -0.4 is 20.9 Å². The molecule has 3 rings (SSSR count). The van der Waals surface area contributed by atoms with Gasteiger partial charge >= 0.3 is 6.03 Å². The van der Waals surface area contributed by atoms with Gasteiger partial charge in [0.1, 0.15) is 5.82 Å². The first-order valence-electron chi connectivity index (χ1n) is 8.91. The zero-order valence-corrected chi connectivity index (χ0v) is 16.3. The van der Waals surface area contributed by atoms with E-state index in [2.05, 4.69) is 25.8 Å². The molecule has 0 aliphatic carbocycles. The fourth-order valence-corrected chi connectivity index (χ4v) is 3.10. The lowest BCUT2D eigenvalue weighted by molar-refractivity contribution is -0.114. The second kappa shape index (κ2) is 9.38. The van der Waals surface area contributed by atoms with Crippen LogP contribution in [0.5, 0.6) is 0 Å². The van der Waals surface area contributed by atoms with Crippen molar-refractivity contribution in [2.75, 3.05) is 41.8 Å². The summed E-state index contributed by atoms with van der Waals surface area (Å²) in [5, 5.41) is 8.50. The van der Waals surface area contributed by atoms with Gasteiger partial charge in [0.05, 0.1) is 23.9 Å². The summed E-state index contributed by atoms with van der Waals surface area (Å²) in [5.41, 5.74) is 1.94. The van der Waals surface area contributed by atoms with Crippen molar-refractivity contribution in [3.63, 3.8) is 0 Å². The molecule has 1 aliphatic heterocycles. The molecule has 0 unspecified atom stereocenters. The van der Waals surface area contributed by atoms with Crippen LogP contribution in [0, 0.1) is 0 Å². The maximum absolute atomic E-state index is 12.3. The molecule has 0 spiro atoms. The van der Waals surface area contributed by atoms with Crippen LogP contribution in [0.25, 0.3) is 0 Å². The van der Waals surface area contributed by atoms with Crippen molar-refractivity contribution in [2.24, 2.45) is 0 Å². The number of rotatable bonds is 5. The zero-order valence-electron chi connectivity index (χ0n) is 15.5. The summed E-state index contributed by atoms with van der Waals surface area (Å²) in [5.74, 6) is 0.658. The third-order valence-electron chi connectivity index (χ3n) is 4.16. The van der Waals surface area contributed by atoms with Crippen molar-refractivity contribution in [3.05, 3.63) is 47.1 Å². The number of hydrogen-bond donors (Lipinski definition) is 3. The molecule has 148 valence electrons. The average molecular weight is 404 g/mol. The number of benzene rings is 1. The number of anilines is 3. The lowest BCUT2D eigenvalue weighted by Crippen LogP contribution is -2.38. The standard InChI is InChI=1S/C19H22ClN5O3/c1-13(26)23-15-4-5-17(16(20)11-15)24-19(27)22-12-14-3-2-6-21-18(14)25-7-9-28-10-8-25/h2-6,11H,7-10,12H2,1H3,(H,23,26)(H2,22,24,27). The first-order valence-corrected chi connectivity index (χ1v) is 9.29. The Hall–Kier alpha value is -2.84. The monoisotopic (exact) mass is 403 g/mol. The predicted molar refractivity (Wildman–Crippen MR) is 109 cm³/mol. The van der Waals surface area contributed by atoms with Crippen molar-refractivity contribution in [1.29, 1.82) is 0 Å². The number of aromatic nitrogens is 1. The van der Waals surface area contributed by atoms with Crippen LogP contribution in [0.3, 0.4) is 0 Å². The average Bonchev–Trinajstić information content (AvgIpc) is 2.69. The van der Waals surface area contributed by atoms with E-state index in [1.165, 1.54) is 6.92 Å². The Balaban J connectivity index is 1.60. The van der Waals surface area contributed by atoms with Gasteiger partial charge < -0.3 is 25.6 Å². The van der Waals surface area contributed by atoms with Gasteiger partial charge in [0.15, 0.2) is 0 Å². The number of ether oxygens (including phenoxy) is 1.